The number of rotatable bonds is 5. The van der Waals surface area contributed by atoms with E-state index in [0.717, 1.165) is 11.1 Å². The van der Waals surface area contributed by atoms with Crippen LogP contribution in [0.2, 0.25) is 0 Å². The van der Waals surface area contributed by atoms with Crippen molar-refractivity contribution in [3.8, 4) is 5.75 Å². The summed E-state index contributed by atoms with van der Waals surface area (Å²) in [6.07, 6.45) is 1.78. The highest BCUT2D eigenvalue weighted by molar-refractivity contribution is 5.98. The first-order chi connectivity index (χ1) is 15.1. The summed E-state index contributed by atoms with van der Waals surface area (Å²) in [6.45, 7) is 0. The molecule has 31 heavy (non-hydrogen) atoms. The maximum Gasteiger partial charge on any atom is 0.304 e. The molecule has 3 aromatic rings. The Morgan fingerprint density at radius 1 is 1.03 bits per heavy atom. The van der Waals surface area contributed by atoms with E-state index in [4.69, 9.17) is 4.74 Å². The van der Waals surface area contributed by atoms with Crippen LogP contribution in [0, 0.1) is 5.82 Å². The van der Waals surface area contributed by atoms with Gasteiger partial charge in [-0.15, -0.1) is 10.1 Å². The number of para-hydroxylation sites is 1. The molecule has 0 saturated carbocycles. The Hall–Kier alpha value is -4.00. The minimum absolute atomic E-state index is 0.271. The molecule has 7 heteroatoms. The van der Waals surface area contributed by atoms with Crippen molar-refractivity contribution in [2.45, 2.75) is 12.1 Å². The summed E-state index contributed by atoms with van der Waals surface area (Å²) in [5.41, 5.74) is 4.72. The van der Waals surface area contributed by atoms with Gasteiger partial charge in [0.1, 0.15) is 11.6 Å². The molecule has 1 aliphatic rings. The number of hydrazine groups is 1. The van der Waals surface area contributed by atoms with Crippen molar-refractivity contribution in [2.75, 3.05) is 7.11 Å². The van der Waals surface area contributed by atoms with Gasteiger partial charge in [-0.2, -0.15) is 0 Å². The molecule has 0 spiro atoms. The smallest absolute Gasteiger partial charge is 0.304 e. The highest BCUT2D eigenvalue weighted by Gasteiger charge is 2.47. The number of hydrogen-bond donors (Lipinski definition) is 2. The Kier molecular flexibility index (Phi) is 5.75. The molecule has 1 aliphatic heterocycles. The summed E-state index contributed by atoms with van der Waals surface area (Å²) >= 11 is 0. The Labute approximate surface area is 179 Å². The molecule has 0 bridgehead atoms. The van der Waals surface area contributed by atoms with Crippen LogP contribution in [-0.4, -0.2) is 35.9 Å². The minimum Gasteiger partial charge on any atom is -0.496 e. The fraction of sp³-hybridized carbons (Fsp3) is 0.125. The van der Waals surface area contributed by atoms with Crippen LogP contribution in [0.1, 0.15) is 27.5 Å². The van der Waals surface area contributed by atoms with Gasteiger partial charge in [-0.3, -0.25) is 9.59 Å². The Morgan fingerprint density at radius 3 is 2.42 bits per heavy atom. The normalized spacial score (nSPS) is 19.2. The summed E-state index contributed by atoms with van der Waals surface area (Å²) in [5, 5.41) is 2.79. The molecular formula is C24H21FN3O3+. The average molecular weight is 418 g/mol. The second-order valence-electron chi connectivity index (χ2n) is 7.07. The summed E-state index contributed by atoms with van der Waals surface area (Å²) in [7, 11) is 1.58. The van der Waals surface area contributed by atoms with Gasteiger partial charge in [0.05, 0.1) is 12.7 Å². The van der Waals surface area contributed by atoms with Crippen LogP contribution >= 0.6 is 0 Å². The number of benzene rings is 3. The molecule has 0 unspecified atom stereocenters. The zero-order valence-corrected chi connectivity index (χ0v) is 16.8. The maximum atomic E-state index is 13.2. The van der Waals surface area contributed by atoms with E-state index in [1.54, 1.807) is 18.0 Å². The molecular weight excluding hydrogens is 397 g/mol. The lowest BCUT2D eigenvalue weighted by molar-refractivity contribution is -0.596. The number of amides is 2. The van der Waals surface area contributed by atoms with Gasteiger partial charge in [0, 0.05) is 11.1 Å². The highest BCUT2D eigenvalue weighted by Crippen LogP contribution is 2.26. The van der Waals surface area contributed by atoms with Gasteiger partial charge in [-0.25, -0.2) is 4.39 Å². The van der Waals surface area contributed by atoms with E-state index in [1.807, 2.05) is 54.6 Å². The monoisotopic (exact) mass is 418 g/mol. The number of nitrogens with one attached hydrogen (secondary N) is 2. The molecule has 2 atom stereocenters. The van der Waals surface area contributed by atoms with Crippen LogP contribution in [0.25, 0.3) is 0 Å². The molecule has 0 radical (unpaired) electrons. The van der Waals surface area contributed by atoms with Crippen molar-refractivity contribution in [1.82, 2.24) is 10.7 Å². The van der Waals surface area contributed by atoms with Crippen LogP contribution in [0.4, 0.5) is 4.39 Å². The number of carbonyl (C=O) groups is 2. The Morgan fingerprint density at radius 2 is 1.71 bits per heavy atom. The van der Waals surface area contributed by atoms with E-state index >= 15 is 0 Å². The lowest BCUT2D eigenvalue weighted by Gasteiger charge is -2.15. The third kappa shape index (κ3) is 4.30. The van der Waals surface area contributed by atoms with Gasteiger partial charge in [0.15, 0.2) is 6.04 Å². The van der Waals surface area contributed by atoms with Gasteiger partial charge in [0.2, 0.25) is 12.3 Å². The third-order valence-corrected chi connectivity index (χ3v) is 5.09. The number of ether oxygens (including phenoxy) is 1. The summed E-state index contributed by atoms with van der Waals surface area (Å²) in [4.78, 5) is 25.6. The topological polar surface area (TPSA) is 70.4 Å². The van der Waals surface area contributed by atoms with E-state index < -0.39 is 23.8 Å². The standard InChI is InChI=1S/C24H20FN3O3/c1-31-20-10-6-5-9-18(20)15-28-22(16-7-3-2-4-8-16)21(24(30)27-28)26-23(29)17-11-13-19(25)14-12-17/h2-15,21-22H,1H3,(H-,26,27,29,30)/p+1/b28-15-/t21-,22-/m1/s1. The van der Waals surface area contributed by atoms with Gasteiger partial charge in [0.25, 0.3) is 5.91 Å². The van der Waals surface area contributed by atoms with E-state index in [2.05, 4.69) is 10.7 Å². The lowest BCUT2D eigenvalue weighted by atomic mass is 10.00. The fourth-order valence-electron chi connectivity index (χ4n) is 3.58. The van der Waals surface area contributed by atoms with Crippen LogP contribution in [0.3, 0.4) is 0 Å². The largest absolute Gasteiger partial charge is 0.496 e. The molecule has 2 amide bonds. The number of carbonyl (C=O) groups excluding carboxylic acids is 2. The summed E-state index contributed by atoms with van der Waals surface area (Å²) in [6, 6.07) is 20.7. The van der Waals surface area contributed by atoms with E-state index in [9.17, 15) is 14.0 Å². The zero-order chi connectivity index (χ0) is 21.8. The quantitative estimate of drug-likeness (QED) is 0.626. The van der Waals surface area contributed by atoms with Crippen LogP contribution in [0.15, 0.2) is 78.9 Å². The minimum atomic E-state index is -0.856. The first-order valence-corrected chi connectivity index (χ1v) is 9.75. The first-order valence-electron chi connectivity index (χ1n) is 9.75. The average Bonchev–Trinajstić information content (AvgIpc) is 3.09. The molecule has 1 saturated heterocycles. The van der Waals surface area contributed by atoms with E-state index in [0.29, 0.717) is 5.75 Å². The SMILES string of the molecule is COc1ccccc1/C=[N+]1\NC(=O)[C@H](NC(=O)c2ccc(F)cc2)[C@H]1c1ccccc1. The van der Waals surface area contributed by atoms with Crippen molar-refractivity contribution < 1.29 is 23.4 Å². The van der Waals surface area contributed by atoms with Gasteiger partial charge in [-0.1, -0.05) is 42.5 Å². The van der Waals surface area contributed by atoms with Crippen LogP contribution in [0.5, 0.6) is 5.75 Å². The Balaban J connectivity index is 1.71. The molecule has 6 nitrogen and oxygen atoms in total. The summed E-state index contributed by atoms with van der Waals surface area (Å²) < 4.78 is 20.3. The van der Waals surface area contributed by atoms with E-state index in [1.165, 1.54) is 24.3 Å². The number of hydrazone groups is 1. The number of hydrogen-bond acceptors (Lipinski definition) is 3. The molecule has 4 rings (SSSR count). The van der Waals surface area contributed by atoms with Crippen LogP contribution < -0.4 is 15.5 Å². The molecule has 0 aromatic heterocycles. The highest BCUT2D eigenvalue weighted by atomic mass is 19.1. The summed E-state index contributed by atoms with van der Waals surface area (Å²) in [5.74, 6) is -0.590. The van der Waals surface area contributed by atoms with Crippen molar-refractivity contribution in [1.29, 1.82) is 0 Å². The number of nitrogens with zero attached hydrogens (tertiary/aromatic N) is 1. The van der Waals surface area contributed by atoms with Gasteiger partial charge < -0.3 is 10.1 Å². The van der Waals surface area contributed by atoms with Crippen molar-refractivity contribution in [3.05, 3.63) is 101 Å². The van der Waals surface area contributed by atoms with Crippen molar-refractivity contribution in [2.24, 2.45) is 0 Å². The molecule has 2 N–H and O–H groups in total. The molecule has 3 aromatic carbocycles. The van der Waals surface area contributed by atoms with Crippen LogP contribution in [-0.2, 0) is 4.79 Å². The van der Waals surface area contributed by atoms with Crippen molar-refractivity contribution >= 4 is 18.0 Å². The fourth-order valence-corrected chi connectivity index (χ4v) is 3.58. The third-order valence-electron chi connectivity index (χ3n) is 5.09. The second-order valence-corrected chi connectivity index (χ2v) is 7.07. The molecule has 156 valence electrons. The molecule has 1 heterocycles. The van der Waals surface area contributed by atoms with E-state index in [-0.39, 0.29) is 11.5 Å². The molecule has 0 aliphatic carbocycles. The first kappa shape index (κ1) is 20.3. The second kappa shape index (κ2) is 8.79. The van der Waals surface area contributed by atoms with Gasteiger partial charge >= 0.3 is 5.91 Å². The van der Waals surface area contributed by atoms with Crippen molar-refractivity contribution in [3.63, 3.8) is 0 Å². The van der Waals surface area contributed by atoms with Gasteiger partial charge in [-0.05, 0) is 36.4 Å². The Bertz CT molecular complexity index is 1130. The predicted octanol–water partition coefficient (Wildman–Crippen LogP) is 2.85. The maximum absolute atomic E-state index is 13.2. The predicted molar refractivity (Wildman–Crippen MR) is 113 cm³/mol. The lowest BCUT2D eigenvalue weighted by Crippen LogP contribution is -2.42. The zero-order valence-electron chi connectivity index (χ0n) is 16.8. The number of methoxy groups -OCH3 is 1. The number of halogens is 1. The molecule has 1 fully saturated rings.